The van der Waals surface area contributed by atoms with E-state index in [9.17, 15) is 9.18 Å². The standard InChI is InChI=1S/C12H16ClFN2O2S/c1-7(11(6-17)19-2)15-12(18)16-10-5-8(13)3-4-9(10)14/h3-5,7,11,17H,6H2,1-2H3,(H2,15,16,18). The average molecular weight is 307 g/mol. The Bertz CT molecular complexity index is 444. The van der Waals surface area contributed by atoms with Crippen LogP contribution < -0.4 is 10.6 Å². The molecule has 0 aliphatic heterocycles. The van der Waals surface area contributed by atoms with Crippen LogP contribution >= 0.6 is 23.4 Å². The van der Waals surface area contributed by atoms with Crippen molar-refractivity contribution >= 4 is 35.1 Å². The molecule has 1 rings (SSSR count). The molecule has 0 spiro atoms. The first-order chi connectivity index (χ1) is 8.97. The van der Waals surface area contributed by atoms with Crippen LogP contribution in [0.15, 0.2) is 18.2 Å². The molecule has 0 radical (unpaired) electrons. The van der Waals surface area contributed by atoms with Gasteiger partial charge in [-0.25, -0.2) is 9.18 Å². The summed E-state index contributed by atoms with van der Waals surface area (Å²) in [6.45, 7) is 1.72. The van der Waals surface area contributed by atoms with Crippen molar-refractivity contribution in [2.45, 2.75) is 18.2 Å². The summed E-state index contributed by atoms with van der Waals surface area (Å²) in [5.74, 6) is -0.559. The fraction of sp³-hybridized carbons (Fsp3) is 0.417. The number of rotatable bonds is 5. The molecule has 2 unspecified atom stereocenters. The van der Waals surface area contributed by atoms with Crippen LogP contribution in [0.3, 0.4) is 0 Å². The predicted octanol–water partition coefficient (Wildman–Crippen LogP) is 2.71. The number of hydrogen-bond acceptors (Lipinski definition) is 3. The number of thioether (sulfide) groups is 1. The molecule has 0 heterocycles. The molecule has 0 saturated carbocycles. The Morgan fingerprint density at radius 2 is 2.26 bits per heavy atom. The van der Waals surface area contributed by atoms with Gasteiger partial charge in [-0.05, 0) is 31.4 Å². The molecule has 3 N–H and O–H groups in total. The van der Waals surface area contributed by atoms with Gasteiger partial charge in [0, 0.05) is 16.3 Å². The number of aliphatic hydroxyl groups is 1. The van der Waals surface area contributed by atoms with Gasteiger partial charge in [0.1, 0.15) is 5.82 Å². The van der Waals surface area contributed by atoms with Gasteiger partial charge in [0.15, 0.2) is 0 Å². The summed E-state index contributed by atoms with van der Waals surface area (Å²) in [4.78, 5) is 11.7. The highest BCUT2D eigenvalue weighted by atomic mass is 35.5. The summed E-state index contributed by atoms with van der Waals surface area (Å²) < 4.78 is 13.4. The van der Waals surface area contributed by atoms with Crippen molar-refractivity contribution < 1.29 is 14.3 Å². The quantitative estimate of drug-likeness (QED) is 0.784. The fourth-order valence-corrected chi connectivity index (χ4v) is 2.29. The molecule has 4 nitrogen and oxygen atoms in total. The molecular weight excluding hydrogens is 291 g/mol. The lowest BCUT2D eigenvalue weighted by Gasteiger charge is -2.21. The summed E-state index contributed by atoms with van der Waals surface area (Å²) >= 11 is 7.17. The third-order valence-corrected chi connectivity index (χ3v) is 3.97. The fourth-order valence-electron chi connectivity index (χ4n) is 1.49. The Morgan fingerprint density at radius 1 is 1.58 bits per heavy atom. The topological polar surface area (TPSA) is 61.4 Å². The first-order valence-electron chi connectivity index (χ1n) is 5.64. The van der Waals surface area contributed by atoms with Crippen LogP contribution in [0, 0.1) is 5.82 Å². The van der Waals surface area contributed by atoms with E-state index in [-0.39, 0.29) is 23.6 Å². The maximum Gasteiger partial charge on any atom is 0.319 e. The molecule has 2 amide bonds. The van der Waals surface area contributed by atoms with Crippen LogP contribution in [0.25, 0.3) is 0 Å². The highest BCUT2D eigenvalue weighted by Gasteiger charge is 2.17. The van der Waals surface area contributed by atoms with Crippen LogP contribution in [0.5, 0.6) is 0 Å². The van der Waals surface area contributed by atoms with Crippen LogP contribution in [0.2, 0.25) is 5.02 Å². The monoisotopic (exact) mass is 306 g/mol. The van der Waals surface area contributed by atoms with Gasteiger partial charge in [-0.3, -0.25) is 0 Å². The van der Waals surface area contributed by atoms with Gasteiger partial charge in [0.2, 0.25) is 0 Å². The molecule has 0 bridgehead atoms. The molecule has 2 atom stereocenters. The number of amides is 2. The van der Waals surface area contributed by atoms with Crippen molar-refractivity contribution in [3.05, 3.63) is 29.0 Å². The van der Waals surface area contributed by atoms with Gasteiger partial charge in [0.05, 0.1) is 12.3 Å². The average Bonchev–Trinajstić information content (AvgIpc) is 2.35. The number of benzene rings is 1. The number of nitrogens with one attached hydrogen (secondary N) is 2. The van der Waals surface area contributed by atoms with Gasteiger partial charge in [-0.1, -0.05) is 11.6 Å². The van der Waals surface area contributed by atoms with Gasteiger partial charge in [-0.15, -0.1) is 0 Å². The first-order valence-corrected chi connectivity index (χ1v) is 7.30. The molecule has 1 aromatic carbocycles. The molecule has 0 fully saturated rings. The molecule has 106 valence electrons. The number of aliphatic hydroxyl groups excluding tert-OH is 1. The van der Waals surface area contributed by atoms with Crippen molar-refractivity contribution in [2.75, 3.05) is 18.2 Å². The van der Waals surface area contributed by atoms with Crippen LogP contribution in [-0.4, -0.2) is 35.3 Å². The number of halogens is 2. The second kappa shape index (κ2) is 7.57. The summed E-state index contributed by atoms with van der Waals surface area (Å²) in [7, 11) is 0. The lowest BCUT2D eigenvalue weighted by atomic mass is 10.2. The lowest BCUT2D eigenvalue weighted by Crippen LogP contribution is -2.43. The van der Waals surface area contributed by atoms with Crippen molar-refractivity contribution in [1.82, 2.24) is 5.32 Å². The minimum atomic E-state index is -0.559. The van der Waals surface area contributed by atoms with E-state index in [0.29, 0.717) is 5.02 Å². The molecule has 1 aromatic rings. The normalized spacial score (nSPS) is 13.7. The third-order valence-electron chi connectivity index (χ3n) is 2.58. The number of urea groups is 1. The zero-order chi connectivity index (χ0) is 14.4. The summed E-state index contributed by atoms with van der Waals surface area (Å²) in [5.41, 5.74) is 0.0156. The minimum absolute atomic E-state index is 0.0156. The van der Waals surface area contributed by atoms with Gasteiger partial charge in [-0.2, -0.15) is 11.8 Å². The molecule has 7 heteroatoms. The smallest absolute Gasteiger partial charge is 0.319 e. The molecule has 0 saturated heterocycles. The molecule has 0 aliphatic rings. The first kappa shape index (κ1) is 16.1. The van der Waals surface area contributed by atoms with E-state index in [1.54, 1.807) is 6.92 Å². The molecular formula is C12H16ClFN2O2S. The van der Waals surface area contributed by atoms with E-state index in [0.717, 1.165) is 0 Å². The second-order valence-electron chi connectivity index (χ2n) is 3.97. The highest BCUT2D eigenvalue weighted by Crippen LogP contribution is 2.19. The predicted molar refractivity (Wildman–Crippen MR) is 77.4 cm³/mol. The Balaban J connectivity index is 2.62. The van der Waals surface area contributed by atoms with Crippen molar-refractivity contribution in [3.8, 4) is 0 Å². The maximum atomic E-state index is 13.4. The van der Waals surface area contributed by atoms with Crippen molar-refractivity contribution in [3.63, 3.8) is 0 Å². The Hall–Kier alpha value is -0.980. The van der Waals surface area contributed by atoms with E-state index in [2.05, 4.69) is 10.6 Å². The SMILES string of the molecule is CSC(CO)C(C)NC(=O)Nc1cc(Cl)ccc1F. The van der Waals surface area contributed by atoms with Gasteiger partial charge >= 0.3 is 6.03 Å². The van der Waals surface area contributed by atoms with E-state index in [4.69, 9.17) is 16.7 Å². The molecule has 0 aromatic heterocycles. The number of carbonyl (C=O) groups excluding carboxylic acids is 1. The zero-order valence-electron chi connectivity index (χ0n) is 10.6. The van der Waals surface area contributed by atoms with Crippen LogP contribution in [0.1, 0.15) is 6.92 Å². The van der Waals surface area contributed by atoms with Crippen molar-refractivity contribution in [1.29, 1.82) is 0 Å². The molecule has 0 aliphatic carbocycles. The lowest BCUT2D eigenvalue weighted by molar-refractivity contribution is 0.243. The number of anilines is 1. The van der Waals surface area contributed by atoms with Gasteiger partial charge < -0.3 is 15.7 Å². The largest absolute Gasteiger partial charge is 0.395 e. The maximum absolute atomic E-state index is 13.4. The van der Waals surface area contributed by atoms with E-state index in [1.807, 2.05) is 6.26 Å². The van der Waals surface area contributed by atoms with Crippen molar-refractivity contribution in [2.24, 2.45) is 0 Å². The number of hydrogen-bond donors (Lipinski definition) is 3. The summed E-state index contributed by atoms with van der Waals surface area (Å²) in [6.07, 6.45) is 1.84. The summed E-state index contributed by atoms with van der Waals surface area (Å²) in [5, 5.41) is 14.4. The zero-order valence-corrected chi connectivity index (χ0v) is 12.2. The third kappa shape index (κ3) is 4.89. The van der Waals surface area contributed by atoms with Crippen LogP contribution in [0.4, 0.5) is 14.9 Å². The highest BCUT2D eigenvalue weighted by molar-refractivity contribution is 7.99. The summed E-state index contributed by atoms with van der Waals surface area (Å²) in [6, 6.07) is 3.13. The molecule has 19 heavy (non-hydrogen) atoms. The Labute approximate surface area is 120 Å². The van der Waals surface area contributed by atoms with Crippen LogP contribution in [-0.2, 0) is 0 Å². The van der Waals surface area contributed by atoms with E-state index >= 15 is 0 Å². The minimum Gasteiger partial charge on any atom is -0.395 e. The van der Waals surface area contributed by atoms with E-state index < -0.39 is 11.8 Å². The van der Waals surface area contributed by atoms with E-state index in [1.165, 1.54) is 30.0 Å². The second-order valence-corrected chi connectivity index (χ2v) is 5.48. The number of carbonyl (C=O) groups is 1. The van der Waals surface area contributed by atoms with Gasteiger partial charge in [0.25, 0.3) is 0 Å². The Morgan fingerprint density at radius 3 is 2.84 bits per heavy atom. The Kier molecular flexibility index (Phi) is 6.41.